The molecule has 1 aromatic heterocycles. The van der Waals surface area contributed by atoms with Crippen LogP contribution in [0.5, 0.6) is 0 Å². The number of tetrazole rings is 1. The van der Waals surface area contributed by atoms with Gasteiger partial charge in [0.2, 0.25) is 0 Å². The summed E-state index contributed by atoms with van der Waals surface area (Å²) >= 11 is 1.53. The van der Waals surface area contributed by atoms with Crippen LogP contribution in [-0.4, -0.2) is 31.3 Å². The summed E-state index contributed by atoms with van der Waals surface area (Å²) in [6.45, 7) is 4.65. The van der Waals surface area contributed by atoms with Gasteiger partial charge in [-0.15, -0.1) is 16.9 Å². The molecule has 20 heavy (non-hydrogen) atoms. The van der Waals surface area contributed by atoms with Crippen LogP contribution >= 0.6 is 11.8 Å². The van der Waals surface area contributed by atoms with E-state index in [0.29, 0.717) is 11.3 Å². The second kappa shape index (κ2) is 6.51. The number of rotatable bonds is 6. The lowest BCUT2D eigenvalue weighted by atomic mass is 10.1. The summed E-state index contributed by atoms with van der Waals surface area (Å²) in [6.07, 6.45) is 0.969. The molecule has 0 aliphatic carbocycles. The number of carbonyl (C=O) groups is 1. The number of nitrogens with zero attached hydrogens (tertiary/aromatic N) is 4. The minimum absolute atomic E-state index is 0.336. The van der Waals surface area contributed by atoms with E-state index in [4.69, 9.17) is 5.11 Å². The van der Waals surface area contributed by atoms with Crippen LogP contribution in [0.4, 0.5) is 0 Å². The lowest BCUT2D eigenvalue weighted by Gasteiger charge is -2.06. The third kappa shape index (κ3) is 3.36. The molecule has 1 heterocycles. The zero-order valence-corrected chi connectivity index (χ0v) is 12.2. The Labute approximate surface area is 121 Å². The monoisotopic (exact) mass is 292 g/mol. The van der Waals surface area contributed by atoms with E-state index in [-0.39, 0.29) is 0 Å². The summed E-state index contributed by atoms with van der Waals surface area (Å²) in [7, 11) is 0. The average molecular weight is 292 g/mol. The van der Waals surface area contributed by atoms with Crippen LogP contribution in [0.3, 0.4) is 0 Å². The van der Waals surface area contributed by atoms with Crippen LogP contribution in [0.25, 0.3) is 0 Å². The molecule has 0 bridgehead atoms. The van der Waals surface area contributed by atoms with Gasteiger partial charge in [-0.05, 0) is 41.5 Å². The molecule has 0 unspecified atom stereocenters. The first-order valence-electron chi connectivity index (χ1n) is 6.33. The van der Waals surface area contributed by atoms with E-state index in [2.05, 4.69) is 22.4 Å². The number of carboxylic acid groups (broad SMARTS) is 1. The van der Waals surface area contributed by atoms with Gasteiger partial charge in [-0.2, -0.15) is 0 Å². The summed E-state index contributed by atoms with van der Waals surface area (Å²) in [5, 5.41) is 20.7. The Kier molecular flexibility index (Phi) is 4.73. The van der Waals surface area contributed by atoms with E-state index in [1.165, 1.54) is 11.8 Å². The number of aromatic carboxylic acids is 1. The molecule has 2 rings (SSSR count). The van der Waals surface area contributed by atoms with Crippen LogP contribution in [0.2, 0.25) is 0 Å². The fourth-order valence-electron chi connectivity index (χ4n) is 1.78. The fraction of sp³-hybridized carbons (Fsp3) is 0.385. The van der Waals surface area contributed by atoms with E-state index >= 15 is 0 Å². The third-order valence-corrected chi connectivity index (χ3v) is 3.84. The highest BCUT2D eigenvalue weighted by Crippen LogP contribution is 2.24. The molecule has 106 valence electrons. The maximum Gasteiger partial charge on any atom is 0.335 e. The van der Waals surface area contributed by atoms with E-state index in [0.717, 1.165) is 29.2 Å². The normalized spacial score (nSPS) is 10.7. The Morgan fingerprint density at radius 3 is 2.95 bits per heavy atom. The molecule has 2 aromatic rings. The maximum absolute atomic E-state index is 11.1. The number of carboxylic acids is 1. The van der Waals surface area contributed by atoms with Gasteiger partial charge in [0.15, 0.2) is 5.82 Å². The molecule has 0 fully saturated rings. The average Bonchev–Trinajstić information content (AvgIpc) is 2.85. The fourth-order valence-corrected chi connectivity index (χ4v) is 2.65. The first-order chi connectivity index (χ1) is 9.61. The highest BCUT2D eigenvalue weighted by Gasteiger charge is 2.10. The number of hydrogen-bond acceptors (Lipinski definition) is 5. The standard InChI is InChI=1S/C13H16N4O2S/c1-3-6-17-12(14-15-16-17)8-20-10-5-4-9(2)11(7-10)13(18)19/h4-5,7H,3,6,8H2,1-2H3,(H,18,19). The quantitative estimate of drug-likeness (QED) is 0.823. The molecule has 0 saturated heterocycles. The molecule has 1 aromatic carbocycles. The number of hydrogen-bond donors (Lipinski definition) is 1. The molecule has 1 N–H and O–H groups in total. The van der Waals surface area contributed by atoms with Gasteiger partial charge in [0.25, 0.3) is 0 Å². The second-order valence-electron chi connectivity index (χ2n) is 4.39. The van der Waals surface area contributed by atoms with Crippen molar-refractivity contribution in [2.75, 3.05) is 0 Å². The zero-order valence-electron chi connectivity index (χ0n) is 11.4. The topological polar surface area (TPSA) is 80.9 Å². The van der Waals surface area contributed by atoms with E-state index < -0.39 is 5.97 Å². The summed E-state index contributed by atoms with van der Waals surface area (Å²) in [5.74, 6) is 0.518. The van der Waals surface area contributed by atoms with E-state index in [1.807, 2.05) is 12.1 Å². The lowest BCUT2D eigenvalue weighted by molar-refractivity contribution is 0.0696. The van der Waals surface area contributed by atoms with Gasteiger partial charge in [-0.25, -0.2) is 9.48 Å². The van der Waals surface area contributed by atoms with Crippen molar-refractivity contribution in [2.45, 2.75) is 37.5 Å². The van der Waals surface area contributed by atoms with Crippen molar-refractivity contribution in [3.05, 3.63) is 35.2 Å². The first kappa shape index (κ1) is 14.5. The first-order valence-corrected chi connectivity index (χ1v) is 7.32. The van der Waals surface area contributed by atoms with E-state index in [9.17, 15) is 4.79 Å². The largest absolute Gasteiger partial charge is 0.478 e. The van der Waals surface area contributed by atoms with Gasteiger partial charge in [0.05, 0.1) is 11.3 Å². The van der Waals surface area contributed by atoms with Crippen molar-refractivity contribution in [1.82, 2.24) is 20.2 Å². The van der Waals surface area contributed by atoms with Crippen molar-refractivity contribution >= 4 is 17.7 Å². The molecule has 6 nitrogen and oxygen atoms in total. The lowest BCUT2D eigenvalue weighted by Crippen LogP contribution is -2.04. The van der Waals surface area contributed by atoms with Crippen molar-refractivity contribution in [1.29, 1.82) is 0 Å². The molecular weight excluding hydrogens is 276 g/mol. The van der Waals surface area contributed by atoms with E-state index in [1.54, 1.807) is 17.7 Å². The SMILES string of the molecule is CCCn1nnnc1CSc1ccc(C)c(C(=O)O)c1. The highest BCUT2D eigenvalue weighted by atomic mass is 32.2. The summed E-state index contributed by atoms with van der Waals surface area (Å²) < 4.78 is 1.78. The Morgan fingerprint density at radius 1 is 1.45 bits per heavy atom. The summed E-state index contributed by atoms with van der Waals surface area (Å²) in [4.78, 5) is 12.0. The zero-order chi connectivity index (χ0) is 14.5. The molecule has 0 atom stereocenters. The third-order valence-electron chi connectivity index (χ3n) is 2.85. The maximum atomic E-state index is 11.1. The minimum Gasteiger partial charge on any atom is -0.478 e. The smallest absolute Gasteiger partial charge is 0.335 e. The van der Waals surface area contributed by atoms with Gasteiger partial charge in [-0.1, -0.05) is 13.0 Å². The Hall–Kier alpha value is -1.89. The molecule has 0 radical (unpaired) electrons. The van der Waals surface area contributed by atoms with Gasteiger partial charge < -0.3 is 5.11 Å². The summed E-state index contributed by atoms with van der Waals surface area (Å²) in [5.41, 5.74) is 1.10. The van der Waals surface area contributed by atoms with Crippen LogP contribution in [0, 0.1) is 6.92 Å². The predicted octanol–water partition coefficient (Wildman–Crippen LogP) is 2.38. The number of aromatic nitrogens is 4. The molecule has 0 saturated carbocycles. The van der Waals surface area contributed by atoms with Gasteiger partial charge >= 0.3 is 5.97 Å². The van der Waals surface area contributed by atoms with Crippen molar-refractivity contribution in [3.8, 4) is 0 Å². The van der Waals surface area contributed by atoms with Crippen molar-refractivity contribution in [2.24, 2.45) is 0 Å². The second-order valence-corrected chi connectivity index (χ2v) is 5.44. The molecule has 0 aliphatic heterocycles. The number of thioether (sulfide) groups is 1. The van der Waals surface area contributed by atoms with Gasteiger partial charge in [-0.3, -0.25) is 0 Å². The Balaban J connectivity index is 2.09. The number of aryl methyl sites for hydroxylation is 2. The van der Waals surface area contributed by atoms with Crippen molar-refractivity contribution < 1.29 is 9.90 Å². The Morgan fingerprint density at radius 2 is 2.25 bits per heavy atom. The van der Waals surface area contributed by atoms with Crippen LogP contribution in [0.15, 0.2) is 23.1 Å². The summed E-state index contributed by atoms with van der Waals surface area (Å²) in [6, 6.07) is 5.43. The molecule has 7 heteroatoms. The Bertz CT molecular complexity index is 612. The number of benzene rings is 1. The molecular formula is C13H16N4O2S. The van der Waals surface area contributed by atoms with Gasteiger partial charge in [0, 0.05) is 11.4 Å². The van der Waals surface area contributed by atoms with Crippen LogP contribution < -0.4 is 0 Å². The highest BCUT2D eigenvalue weighted by molar-refractivity contribution is 7.98. The predicted molar refractivity (Wildman–Crippen MR) is 75.8 cm³/mol. The van der Waals surface area contributed by atoms with Crippen molar-refractivity contribution in [3.63, 3.8) is 0 Å². The van der Waals surface area contributed by atoms with Crippen LogP contribution in [-0.2, 0) is 12.3 Å². The molecule has 0 aliphatic rings. The molecule has 0 amide bonds. The van der Waals surface area contributed by atoms with Crippen LogP contribution in [0.1, 0.15) is 35.1 Å². The molecule has 0 spiro atoms. The van der Waals surface area contributed by atoms with Gasteiger partial charge in [0.1, 0.15) is 0 Å². The minimum atomic E-state index is -0.902.